The molecule has 2 nitrogen and oxygen atoms in total. The Hall–Kier alpha value is 0.500. The molecule has 0 aliphatic rings. The van der Waals surface area contributed by atoms with E-state index in [2.05, 4.69) is 0 Å². The third-order valence-electron chi connectivity index (χ3n) is 0.316. The molecule has 0 unspecified atom stereocenters. The van der Waals surface area contributed by atoms with Gasteiger partial charge in [0, 0.05) is 13.2 Å². The van der Waals surface area contributed by atoms with E-state index in [4.69, 9.17) is 10.2 Å². The summed E-state index contributed by atoms with van der Waals surface area (Å²) in [7, 11) is 0. The molecule has 0 aliphatic heterocycles. The van der Waals surface area contributed by atoms with Gasteiger partial charge in [0.2, 0.25) is 0 Å². The summed E-state index contributed by atoms with van der Waals surface area (Å²) in [5.41, 5.74) is 0. The van der Waals surface area contributed by atoms with Gasteiger partial charge in [-0.15, -0.1) is 24.8 Å². The fourth-order valence-corrected chi connectivity index (χ4v) is 0.0707. The zero-order valence-electron chi connectivity index (χ0n) is 3.83. The second-order valence-corrected chi connectivity index (χ2v) is 0.801. The molecule has 0 heterocycles. The lowest BCUT2D eigenvalue weighted by Gasteiger charge is -1.79. The molecule has 0 atom stereocenters. The van der Waals surface area contributed by atoms with Gasteiger partial charge in [-0.25, -0.2) is 0 Å². The number of halogens is 2. The Balaban J connectivity index is -0.0000000800. The van der Waals surface area contributed by atoms with Crippen molar-refractivity contribution in [1.82, 2.24) is 0 Å². The molecule has 0 aromatic heterocycles. The number of rotatable bonds is 2. The van der Waals surface area contributed by atoms with Gasteiger partial charge in [-0.2, -0.15) is 0 Å². The normalized spacial score (nSPS) is 6.00. The molecule has 0 aromatic rings. The molecule has 0 aromatic carbocycles. The van der Waals surface area contributed by atoms with Gasteiger partial charge >= 0.3 is 0 Å². The monoisotopic (exact) mass is 148 g/mol. The average Bonchev–Trinajstić information content (AvgIpc) is 1.41. The van der Waals surface area contributed by atoms with Crippen LogP contribution in [0.5, 0.6) is 0 Å². The van der Waals surface area contributed by atoms with E-state index in [1.807, 2.05) is 0 Å². The SMILES string of the molecule is Cl.Cl.OCCCO. The molecule has 0 rings (SSSR count). The average molecular weight is 149 g/mol. The van der Waals surface area contributed by atoms with Crippen LogP contribution >= 0.6 is 24.8 Å². The van der Waals surface area contributed by atoms with E-state index in [0.29, 0.717) is 6.42 Å². The Kier molecular flexibility index (Phi) is 35.9. The van der Waals surface area contributed by atoms with E-state index in [1.54, 1.807) is 0 Å². The summed E-state index contributed by atoms with van der Waals surface area (Å²) >= 11 is 0. The predicted molar refractivity (Wildman–Crippen MR) is 33.3 cm³/mol. The molecule has 0 saturated heterocycles. The molecule has 0 spiro atoms. The lowest BCUT2D eigenvalue weighted by Crippen LogP contribution is -1.85. The first-order valence-corrected chi connectivity index (χ1v) is 1.63. The van der Waals surface area contributed by atoms with Crippen LogP contribution < -0.4 is 0 Å². The molecule has 0 saturated carbocycles. The fourth-order valence-electron chi connectivity index (χ4n) is 0.0707. The topological polar surface area (TPSA) is 40.5 Å². The van der Waals surface area contributed by atoms with E-state index in [0.717, 1.165) is 0 Å². The van der Waals surface area contributed by atoms with Gasteiger partial charge in [0.25, 0.3) is 0 Å². The Bertz CT molecular complexity index is 18.4. The van der Waals surface area contributed by atoms with E-state index >= 15 is 0 Å². The summed E-state index contributed by atoms with van der Waals surface area (Å²) in [6.45, 7) is 0.188. The summed E-state index contributed by atoms with van der Waals surface area (Å²) in [5, 5.41) is 15.8. The van der Waals surface area contributed by atoms with Crippen LogP contribution in [0.3, 0.4) is 0 Å². The quantitative estimate of drug-likeness (QED) is 0.588. The molecule has 4 heteroatoms. The third-order valence-corrected chi connectivity index (χ3v) is 0.316. The Morgan fingerprint density at radius 2 is 1.14 bits per heavy atom. The largest absolute Gasteiger partial charge is 0.396 e. The number of hydrogen-bond donors (Lipinski definition) is 2. The highest BCUT2D eigenvalue weighted by molar-refractivity contribution is 5.85. The molecule has 0 amide bonds. The summed E-state index contributed by atoms with van der Waals surface area (Å²) in [6, 6.07) is 0. The van der Waals surface area contributed by atoms with Crippen LogP contribution in [0.1, 0.15) is 6.42 Å². The van der Waals surface area contributed by atoms with Crippen molar-refractivity contribution >= 4 is 24.8 Å². The molecule has 0 radical (unpaired) electrons. The van der Waals surface area contributed by atoms with E-state index in [-0.39, 0.29) is 38.0 Å². The van der Waals surface area contributed by atoms with Crippen LogP contribution in [0.25, 0.3) is 0 Å². The molecular formula is C3H10Cl2O2. The standard InChI is InChI=1S/C3H8O2.2ClH/c4-2-1-3-5;;/h4-5H,1-3H2;2*1H. The van der Waals surface area contributed by atoms with Gasteiger partial charge in [-0.3, -0.25) is 0 Å². The van der Waals surface area contributed by atoms with Crippen molar-refractivity contribution in [2.45, 2.75) is 6.42 Å². The van der Waals surface area contributed by atoms with Crippen LogP contribution in [0.15, 0.2) is 0 Å². The predicted octanol–water partition coefficient (Wildman–Crippen LogP) is 0.205. The minimum Gasteiger partial charge on any atom is -0.396 e. The third kappa shape index (κ3) is 21.1. The molecule has 2 N–H and O–H groups in total. The van der Waals surface area contributed by atoms with Crippen molar-refractivity contribution in [1.29, 1.82) is 0 Å². The van der Waals surface area contributed by atoms with Crippen LogP contribution in [0, 0.1) is 0 Å². The van der Waals surface area contributed by atoms with Crippen LogP contribution in [-0.2, 0) is 0 Å². The first-order chi connectivity index (χ1) is 2.41. The number of aliphatic hydroxyl groups is 2. The van der Waals surface area contributed by atoms with Gasteiger partial charge in [0.05, 0.1) is 0 Å². The van der Waals surface area contributed by atoms with Gasteiger partial charge in [0.1, 0.15) is 0 Å². The summed E-state index contributed by atoms with van der Waals surface area (Å²) < 4.78 is 0. The number of hydrogen-bond acceptors (Lipinski definition) is 2. The van der Waals surface area contributed by atoms with Crippen molar-refractivity contribution in [2.24, 2.45) is 0 Å². The highest BCUT2D eigenvalue weighted by Gasteiger charge is 1.70. The van der Waals surface area contributed by atoms with Crippen molar-refractivity contribution in [3.63, 3.8) is 0 Å². The molecule has 0 fully saturated rings. The Morgan fingerprint density at radius 1 is 0.857 bits per heavy atom. The Morgan fingerprint density at radius 3 is 1.14 bits per heavy atom. The van der Waals surface area contributed by atoms with E-state index < -0.39 is 0 Å². The molecular weight excluding hydrogens is 139 g/mol. The zero-order valence-corrected chi connectivity index (χ0v) is 5.47. The lowest BCUT2D eigenvalue weighted by molar-refractivity contribution is 0.221. The van der Waals surface area contributed by atoms with Gasteiger partial charge in [0.15, 0.2) is 0 Å². The maximum Gasteiger partial charge on any atom is 0.0452 e. The lowest BCUT2D eigenvalue weighted by atomic mass is 10.5. The van der Waals surface area contributed by atoms with Crippen LogP contribution in [0.4, 0.5) is 0 Å². The molecule has 0 bridgehead atoms. The fraction of sp³-hybridized carbons (Fsp3) is 1.00. The second kappa shape index (κ2) is 16.1. The van der Waals surface area contributed by atoms with Crippen molar-refractivity contribution < 1.29 is 10.2 Å². The van der Waals surface area contributed by atoms with Crippen LogP contribution in [-0.4, -0.2) is 23.4 Å². The summed E-state index contributed by atoms with van der Waals surface area (Å²) in [5.74, 6) is 0. The van der Waals surface area contributed by atoms with Crippen LogP contribution in [0.2, 0.25) is 0 Å². The maximum absolute atomic E-state index is 7.91. The first-order valence-electron chi connectivity index (χ1n) is 1.63. The molecule has 0 aliphatic carbocycles. The highest BCUT2D eigenvalue weighted by Crippen LogP contribution is 1.65. The molecule has 7 heavy (non-hydrogen) atoms. The van der Waals surface area contributed by atoms with Gasteiger partial charge < -0.3 is 10.2 Å². The zero-order chi connectivity index (χ0) is 4.12. The smallest absolute Gasteiger partial charge is 0.0452 e. The van der Waals surface area contributed by atoms with E-state index in [1.165, 1.54) is 0 Å². The second-order valence-electron chi connectivity index (χ2n) is 0.801. The minimum absolute atomic E-state index is 0. The summed E-state index contributed by atoms with van der Waals surface area (Å²) in [4.78, 5) is 0. The number of aliphatic hydroxyl groups excluding tert-OH is 2. The summed E-state index contributed by atoms with van der Waals surface area (Å²) in [6.07, 6.45) is 0.500. The minimum atomic E-state index is 0. The molecule has 48 valence electrons. The maximum atomic E-state index is 7.91. The Labute approximate surface area is 55.4 Å². The van der Waals surface area contributed by atoms with Crippen molar-refractivity contribution in [2.75, 3.05) is 13.2 Å². The van der Waals surface area contributed by atoms with Gasteiger partial charge in [-0.05, 0) is 6.42 Å². The van der Waals surface area contributed by atoms with Crippen molar-refractivity contribution in [3.05, 3.63) is 0 Å². The highest BCUT2D eigenvalue weighted by atomic mass is 35.5. The first kappa shape index (κ1) is 15.6. The van der Waals surface area contributed by atoms with Crippen molar-refractivity contribution in [3.8, 4) is 0 Å². The van der Waals surface area contributed by atoms with Gasteiger partial charge in [-0.1, -0.05) is 0 Å². The van der Waals surface area contributed by atoms with E-state index in [9.17, 15) is 0 Å².